The molecular weight excluding hydrogens is 297 g/mol. The summed E-state index contributed by atoms with van der Waals surface area (Å²) in [6.07, 6.45) is 2.61. The van der Waals surface area contributed by atoms with E-state index in [2.05, 4.69) is 22.4 Å². The first kappa shape index (κ1) is 13.6. The predicted molar refractivity (Wildman–Crippen MR) is 79.6 cm³/mol. The van der Waals surface area contributed by atoms with Crippen molar-refractivity contribution in [3.63, 3.8) is 0 Å². The number of nitrogens with zero attached hydrogens (tertiary/aromatic N) is 4. The van der Waals surface area contributed by atoms with Crippen LogP contribution in [-0.4, -0.2) is 20.2 Å². The lowest BCUT2D eigenvalue weighted by Gasteiger charge is -2.11. The molecule has 20 heavy (non-hydrogen) atoms. The third-order valence-corrected chi connectivity index (χ3v) is 4.55. The van der Waals surface area contributed by atoms with Gasteiger partial charge in [0.25, 0.3) is 0 Å². The van der Waals surface area contributed by atoms with Gasteiger partial charge in [0, 0.05) is 12.1 Å². The zero-order chi connectivity index (χ0) is 14.3. The molecule has 5 nitrogen and oxygen atoms in total. The van der Waals surface area contributed by atoms with E-state index >= 15 is 0 Å². The molecule has 1 aromatic heterocycles. The number of nitrogen functional groups attached to an aromatic ring is 1. The largest absolute Gasteiger partial charge is 0.397 e. The molecule has 1 unspecified atom stereocenters. The Morgan fingerprint density at radius 1 is 1.40 bits per heavy atom. The van der Waals surface area contributed by atoms with E-state index in [9.17, 15) is 0 Å². The summed E-state index contributed by atoms with van der Waals surface area (Å²) < 4.78 is 1.81. The van der Waals surface area contributed by atoms with Gasteiger partial charge in [-0.2, -0.15) is 0 Å². The molecular formula is C13H15Cl2N5. The number of tetrazole rings is 1. The SMILES string of the molecule is CC(Cn1nnnc1-c1cc(N)c(Cl)c(Cl)c1)C1CC1. The summed E-state index contributed by atoms with van der Waals surface area (Å²) in [6, 6.07) is 3.49. The van der Waals surface area contributed by atoms with E-state index in [0.717, 1.165) is 18.0 Å². The van der Waals surface area contributed by atoms with Gasteiger partial charge in [-0.05, 0) is 47.2 Å². The molecule has 0 bridgehead atoms. The minimum Gasteiger partial charge on any atom is -0.397 e. The Hall–Kier alpha value is -1.33. The average Bonchev–Trinajstić information content (AvgIpc) is 3.16. The molecule has 7 heteroatoms. The first-order valence-electron chi connectivity index (χ1n) is 6.57. The van der Waals surface area contributed by atoms with Gasteiger partial charge in [0.2, 0.25) is 0 Å². The van der Waals surface area contributed by atoms with Crippen LogP contribution in [0.5, 0.6) is 0 Å². The van der Waals surface area contributed by atoms with Crippen LogP contribution >= 0.6 is 23.2 Å². The summed E-state index contributed by atoms with van der Waals surface area (Å²) in [4.78, 5) is 0. The summed E-state index contributed by atoms with van der Waals surface area (Å²) in [5.41, 5.74) is 7.05. The molecule has 2 aromatic rings. The Kier molecular flexibility index (Phi) is 3.56. The van der Waals surface area contributed by atoms with Gasteiger partial charge in [-0.15, -0.1) is 5.10 Å². The van der Waals surface area contributed by atoms with E-state index < -0.39 is 0 Å². The predicted octanol–water partition coefficient (Wildman–Crippen LogP) is 3.28. The van der Waals surface area contributed by atoms with Gasteiger partial charge < -0.3 is 5.73 Å². The fourth-order valence-electron chi connectivity index (χ4n) is 2.36. The second-order valence-electron chi connectivity index (χ2n) is 5.36. The summed E-state index contributed by atoms with van der Waals surface area (Å²) in [5.74, 6) is 2.03. The fourth-order valence-corrected chi connectivity index (χ4v) is 2.70. The average molecular weight is 312 g/mol. The van der Waals surface area contributed by atoms with Crippen molar-refractivity contribution < 1.29 is 0 Å². The minimum absolute atomic E-state index is 0.362. The molecule has 1 fully saturated rings. The fraction of sp³-hybridized carbons (Fsp3) is 0.462. The Labute approximate surface area is 127 Å². The van der Waals surface area contributed by atoms with E-state index in [0.29, 0.717) is 27.5 Å². The number of hydrogen-bond acceptors (Lipinski definition) is 4. The van der Waals surface area contributed by atoms with E-state index in [1.807, 2.05) is 4.68 Å². The van der Waals surface area contributed by atoms with Crippen LogP contribution in [0.1, 0.15) is 19.8 Å². The van der Waals surface area contributed by atoms with Gasteiger partial charge in [-0.25, -0.2) is 4.68 Å². The van der Waals surface area contributed by atoms with E-state index in [-0.39, 0.29) is 0 Å². The molecule has 1 atom stereocenters. The van der Waals surface area contributed by atoms with Gasteiger partial charge in [-0.3, -0.25) is 0 Å². The molecule has 0 radical (unpaired) electrons. The molecule has 2 N–H and O–H groups in total. The molecule has 0 amide bonds. The highest BCUT2D eigenvalue weighted by molar-refractivity contribution is 6.43. The second-order valence-corrected chi connectivity index (χ2v) is 6.15. The Balaban J connectivity index is 1.92. The number of hydrogen-bond donors (Lipinski definition) is 1. The molecule has 0 saturated heterocycles. The maximum absolute atomic E-state index is 6.06. The maximum Gasteiger partial charge on any atom is 0.182 e. The minimum atomic E-state index is 0.362. The van der Waals surface area contributed by atoms with Gasteiger partial charge >= 0.3 is 0 Å². The molecule has 0 aliphatic heterocycles. The second kappa shape index (κ2) is 5.22. The number of rotatable bonds is 4. The van der Waals surface area contributed by atoms with Gasteiger partial charge in [-0.1, -0.05) is 30.1 Å². The Bertz CT molecular complexity index is 612. The highest BCUT2D eigenvalue weighted by Gasteiger charge is 2.29. The van der Waals surface area contributed by atoms with Gasteiger partial charge in [0.1, 0.15) is 0 Å². The summed E-state index contributed by atoms with van der Waals surface area (Å²) in [5, 5.41) is 12.7. The molecule has 1 saturated carbocycles. The van der Waals surface area contributed by atoms with Crippen LogP contribution < -0.4 is 5.73 Å². The summed E-state index contributed by atoms with van der Waals surface area (Å²) in [6.45, 7) is 3.03. The van der Waals surface area contributed by atoms with Crippen LogP contribution in [0, 0.1) is 11.8 Å². The lowest BCUT2D eigenvalue weighted by Crippen LogP contribution is -2.12. The third-order valence-electron chi connectivity index (χ3n) is 3.73. The Morgan fingerprint density at radius 3 is 2.80 bits per heavy atom. The van der Waals surface area contributed by atoms with Crippen molar-refractivity contribution >= 4 is 28.9 Å². The quantitative estimate of drug-likeness (QED) is 0.880. The van der Waals surface area contributed by atoms with E-state index in [1.165, 1.54) is 12.8 Å². The topological polar surface area (TPSA) is 69.6 Å². The molecule has 1 aliphatic rings. The number of benzene rings is 1. The van der Waals surface area contributed by atoms with Crippen LogP contribution in [0.15, 0.2) is 12.1 Å². The number of nitrogens with two attached hydrogens (primary N) is 1. The molecule has 0 spiro atoms. The zero-order valence-corrected chi connectivity index (χ0v) is 12.6. The standard InChI is InChI=1S/C13H15Cl2N5/c1-7(8-2-3-8)6-20-13(17-18-19-20)9-4-10(14)12(15)11(16)5-9/h4-5,7-8H,2-3,6,16H2,1H3. The van der Waals surface area contributed by atoms with Crippen LogP contribution in [0.3, 0.4) is 0 Å². The first-order valence-corrected chi connectivity index (χ1v) is 7.33. The molecule has 1 heterocycles. The Morgan fingerprint density at radius 2 is 2.15 bits per heavy atom. The van der Waals surface area contributed by atoms with Crippen LogP contribution in [0.4, 0.5) is 5.69 Å². The first-order chi connectivity index (χ1) is 9.56. The summed E-state index contributed by atoms with van der Waals surface area (Å²) in [7, 11) is 0. The van der Waals surface area contributed by atoms with Crippen LogP contribution in [0.2, 0.25) is 10.0 Å². The maximum atomic E-state index is 6.06. The van der Waals surface area contributed by atoms with Crippen molar-refractivity contribution in [3.05, 3.63) is 22.2 Å². The van der Waals surface area contributed by atoms with Gasteiger partial charge in [0.05, 0.1) is 15.7 Å². The summed E-state index contributed by atoms with van der Waals surface area (Å²) >= 11 is 12.0. The smallest absolute Gasteiger partial charge is 0.182 e. The highest BCUT2D eigenvalue weighted by Crippen LogP contribution is 2.38. The van der Waals surface area contributed by atoms with Crippen molar-refractivity contribution in [2.75, 3.05) is 5.73 Å². The molecule has 106 valence electrons. The number of anilines is 1. The highest BCUT2D eigenvalue weighted by atomic mass is 35.5. The van der Waals surface area contributed by atoms with Crippen molar-refractivity contribution in [2.24, 2.45) is 11.8 Å². The third kappa shape index (κ3) is 2.60. The van der Waals surface area contributed by atoms with Gasteiger partial charge in [0.15, 0.2) is 5.82 Å². The van der Waals surface area contributed by atoms with Crippen LogP contribution in [0.25, 0.3) is 11.4 Å². The van der Waals surface area contributed by atoms with Crippen molar-refractivity contribution in [1.29, 1.82) is 0 Å². The number of aromatic nitrogens is 4. The van der Waals surface area contributed by atoms with E-state index in [4.69, 9.17) is 28.9 Å². The number of halogens is 2. The van der Waals surface area contributed by atoms with Crippen LogP contribution in [-0.2, 0) is 6.54 Å². The van der Waals surface area contributed by atoms with Crippen molar-refractivity contribution in [1.82, 2.24) is 20.2 Å². The lowest BCUT2D eigenvalue weighted by atomic mass is 10.1. The van der Waals surface area contributed by atoms with Crippen molar-refractivity contribution in [2.45, 2.75) is 26.3 Å². The molecule has 3 rings (SSSR count). The normalized spacial score (nSPS) is 16.4. The monoisotopic (exact) mass is 311 g/mol. The zero-order valence-electron chi connectivity index (χ0n) is 11.1. The molecule has 1 aromatic carbocycles. The molecule has 1 aliphatic carbocycles. The van der Waals surface area contributed by atoms with E-state index in [1.54, 1.807) is 12.1 Å². The van der Waals surface area contributed by atoms with Crippen molar-refractivity contribution in [3.8, 4) is 11.4 Å². The lowest BCUT2D eigenvalue weighted by molar-refractivity contribution is 0.402.